The van der Waals surface area contributed by atoms with Gasteiger partial charge in [-0.25, -0.2) is 8.42 Å². The van der Waals surface area contributed by atoms with E-state index in [9.17, 15) is 18.0 Å². The zero-order chi connectivity index (χ0) is 22.9. The SMILES string of the molecule is CC1CCC(NC(=O)Cn2c(=O)ccc3cc(S(=O)(=O)N4CCC(C)CC4)ccc32)CC1. The Hall–Kier alpha value is -2.19. The van der Waals surface area contributed by atoms with E-state index in [-0.39, 0.29) is 28.9 Å². The van der Waals surface area contributed by atoms with E-state index in [0.717, 1.165) is 38.5 Å². The van der Waals surface area contributed by atoms with Crippen molar-refractivity contribution in [1.82, 2.24) is 14.2 Å². The summed E-state index contributed by atoms with van der Waals surface area (Å²) >= 11 is 0. The number of hydrogen-bond donors (Lipinski definition) is 1. The summed E-state index contributed by atoms with van der Waals surface area (Å²) in [5.41, 5.74) is 0.293. The fourth-order valence-corrected chi connectivity index (χ4v) is 6.31. The van der Waals surface area contributed by atoms with Gasteiger partial charge in [0.2, 0.25) is 15.9 Å². The number of piperidine rings is 1. The molecular weight excluding hydrogens is 426 g/mol. The third kappa shape index (κ3) is 4.91. The van der Waals surface area contributed by atoms with Gasteiger partial charge >= 0.3 is 0 Å². The molecule has 2 aliphatic rings. The second kappa shape index (κ2) is 9.35. The van der Waals surface area contributed by atoms with Crippen molar-refractivity contribution in [2.45, 2.75) is 69.9 Å². The average Bonchev–Trinajstić information content (AvgIpc) is 2.77. The summed E-state index contributed by atoms with van der Waals surface area (Å²) in [7, 11) is -3.58. The molecule has 1 saturated heterocycles. The first-order chi connectivity index (χ1) is 15.2. The molecule has 4 rings (SSSR count). The smallest absolute Gasteiger partial charge is 0.251 e. The van der Waals surface area contributed by atoms with E-state index >= 15 is 0 Å². The number of pyridine rings is 1. The number of nitrogens with zero attached hydrogens (tertiary/aromatic N) is 2. The fourth-order valence-electron chi connectivity index (χ4n) is 4.80. The highest BCUT2D eigenvalue weighted by Gasteiger charge is 2.28. The Morgan fingerprint density at radius 2 is 1.62 bits per heavy atom. The van der Waals surface area contributed by atoms with Crippen LogP contribution in [0.5, 0.6) is 0 Å². The molecule has 1 aromatic heterocycles. The maximum Gasteiger partial charge on any atom is 0.251 e. The minimum atomic E-state index is -3.58. The molecule has 0 atom stereocenters. The Balaban J connectivity index is 1.55. The van der Waals surface area contributed by atoms with Crippen LogP contribution in [-0.2, 0) is 21.4 Å². The van der Waals surface area contributed by atoms with Crippen molar-refractivity contribution in [3.05, 3.63) is 40.7 Å². The van der Waals surface area contributed by atoms with Crippen molar-refractivity contribution >= 4 is 26.8 Å². The number of nitrogens with one attached hydrogen (secondary N) is 1. The first-order valence-electron chi connectivity index (χ1n) is 11.7. The number of amides is 1. The van der Waals surface area contributed by atoms with Gasteiger partial charge < -0.3 is 5.32 Å². The van der Waals surface area contributed by atoms with E-state index in [4.69, 9.17) is 0 Å². The molecule has 2 heterocycles. The zero-order valence-electron chi connectivity index (χ0n) is 18.9. The van der Waals surface area contributed by atoms with Crippen molar-refractivity contribution in [3.8, 4) is 0 Å². The van der Waals surface area contributed by atoms with Gasteiger partial charge in [-0.3, -0.25) is 14.2 Å². The number of sulfonamides is 1. The Labute approximate surface area is 189 Å². The van der Waals surface area contributed by atoms with Crippen molar-refractivity contribution < 1.29 is 13.2 Å². The number of aromatic nitrogens is 1. The van der Waals surface area contributed by atoms with Crippen LogP contribution in [0.2, 0.25) is 0 Å². The van der Waals surface area contributed by atoms with Crippen LogP contribution in [0.15, 0.2) is 40.0 Å². The monoisotopic (exact) mass is 459 g/mol. The number of hydrogen-bond acceptors (Lipinski definition) is 4. The van der Waals surface area contributed by atoms with E-state index in [2.05, 4.69) is 19.2 Å². The highest BCUT2D eigenvalue weighted by atomic mass is 32.2. The molecule has 174 valence electrons. The van der Waals surface area contributed by atoms with Gasteiger partial charge in [0.05, 0.1) is 10.4 Å². The van der Waals surface area contributed by atoms with Gasteiger partial charge in [0.15, 0.2) is 0 Å². The minimum absolute atomic E-state index is 0.0711. The summed E-state index contributed by atoms with van der Waals surface area (Å²) in [5, 5.41) is 3.70. The Kier molecular flexibility index (Phi) is 6.72. The third-order valence-electron chi connectivity index (χ3n) is 7.02. The van der Waals surface area contributed by atoms with Crippen molar-refractivity contribution in [2.75, 3.05) is 13.1 Å². The molecule has 1 aliphatic carbocycles. The van der Waals surface area contributed by atoms with Crippen molar-refractivity contribution in [1.29, 1.82) is 0 Å². The normalized spacial score (nSPS) is 23.3. The molecule has 7 nitrogen and oxygen atoms in total. The Morgan fingerprint density at radius 1 is 0.969 bits per heavy atom. The Morgan fingerprint density at radius 3 is 2.31 bits per heavy atom. The van der Waals surface area contributed by atoms with Crippen LogP contribution in [-0.4, -0.2) is 42.3 Å². The lowest BCUT2D eigenvalue weighted by atomic mass is 9.87. The number of fused-ring (bicyclic) bond motifs is 1. The molecule has 0 unspecified atom stereocenters. The minimum Gasteiger partial charge on any atom is -0.352 e. The summed E-state index contributed by atoms with van der Waals surface area (Å²) in [6.45, 7) is 5.36. The highest BCUT2D eigenvalue weighted by molar-refractivity contribution is 7.89. The van der Waals surface area contributed by atoms with Gasteiger partial charge in [-0.05, 0) is 80.0 Å². The van der Waals surface area contributed by atoms with E-state index in [1.165, 1.54) is 10.6 Å². The zero-order valence-corrected chi connectivity index (χ0v) is 19.7. The first kappa shape index (κ1) is 23.0. The molecule has 1 N–H and O–H groups in total. The third-order valence-corrected chi connectivity index (χ3v) is 8.92. The lowest BCUT2D eigenvalue weighted by Crippen LogP contribution is -2.40. The quantitative estimate of drug-likeness (QED) is 0.744. The van der Waals surface area contributed by atoms with Crippen LogP contribution in [0.3, 0.4) is 0 Å². The molecular formula is C24H33N3O4S. The topological polar surface area (TPSA) is 88.5 Å². The highest BCUT2D eigenvalue weighted by Crippen LogP contribution is 2.26. The standard InChI is InChI=1S/C24H33N3O4S/c1-17-3-6-20(7-4-17)25-23(28)16-27-22-9-8-21(15-19(22)5-10-24(27)29)32(30,31)26-13-11-18(2)12-14-26/h5,8-10,15,17-18,20H,3-4,6-7,11-14,16H2,1-2H3,(H,25,28). The molecule has 1 aliphatic heterocycles. The summed E-state index contributed by atoms with van der Waals surface area (Å²) in [4.78, 5) is 25.4. The van der Waals surface area contributed by atoms with Crippen LogP contribution in [0.4, 0.5) is 0 Å². The predicted molar refractivity (Wildman–Crippen MR) is 125 cm³/mol. The number of rotatable bonds is 5. The molecule has 1 amide bonds. The fraction of sp³-hybridized carbons (Fsp3) is 0.583. The lowest BCUT2D eigenvalue weighted by molar-refractivity contribution is -0.122. The summed E-state index contributed by atoms with van der Waals surface area (Å²) < 4.78 is 29.2. The number of carbonyl (C=O) groups excluding carboxylic acids is 1. The van der Waals surface area contributed by atoms with Crippen LogP contribution in [0, 0.1) is 11.8 Å². The number of carbonyl (C=O) groups is 1. The largest absolute Gasteiger partial charge is 0.352 e. The summed E-state index contributed by atoms with van der Waals surface area (Å²) in [5.74, 6) is 1.05. The Bertz CT molecular complexity index is 1140. The molecule has 8 heteroatoms. The van der Waals surface area contributed by atoms with Crippen LogP contribution in [0.1, 0.15) is 52.4 Å². The van der Waals surface area contributed by atoms with Crippen LogP contribution < -0.4 is 10.9 Å². The second-order valence-electron chi connectivity index (χ2n) is 9.59. The maximum atomic E-state index is 13.1. The van der Waals surface area contributed by atoms with Gasteiger partial charge in [0.25, 0.3) is 5.56 Å². The summed E-state index contributed by atoms with van der Waals surface area (Å²) in [6, 6.07) is 7.99. The molecule has 0 radical (unpaired) electrons. The van der Waals surface area contributed by atoms with Gasteiger partial charge in [-0.15, -0.1) is 0 Å². The van der Waals surface area contributed by atoms with E-state index in [0.29, 0.717) is 35.8 Å². The predicted octanol–water partition coefficient (Wildman–Crippen LogP) is 3.12. The molecule has 2 fully saturated rings. The molecule has 1 saturated carbocycles. The van der Waals surface area contributed by atoms with E-state index in [1.54, 1.807) is 28.6 Å². The molecule has 1 aromatic carbocycles. The maximum absolute atomic E-state index is 13.1. The number of benzene rings is 1. The molecule has 0 bridgehead atoms. The summed E-state index contributed by atoms with van der Waals surface area (Å²) in [6.07, 6.45) is 5.86. The van der Waals surface area contributed by atoms with Crippen molar-refractivity contribution in [2.24, 2.45) is 11.8 Å². The van der Waals surface area contributed by atoms with Gasteiger partial charge in [0.1, 0.15) is 6.54 Å². The average molecular weight is 460 g/mol. The molecule has 32 heavy (non-hydrogen) atoms. The second-order valence-corrected chi connectivity index (χ2v) is 11.5. The van der Waals surface area contributed by atoms with E-state index in [1.807, 2.05) is 0 Å². The lowest BCUT2D eigenvalue weighted by Gasteiger charge is -2.29. The van der Waals surface area contributed by atoms with Crippen molar-refractivity contribution in [3.63, 3.8) is 0 Å². The molecule has 2 aromatic rings. The van der Waals surface area contributed by atoms with Crippen LogP contribution >= 0.6 is 0 Å². The van der Waals surface area contributed by atoms with E-state index < -0.39 is 10.0 Å². The van der Waals surface area contributed by atoms with Crippen LogP contribution in [0.25, 0.3) is 10.9 Å². The first-order valence-corrected chi connectivity index (χ1v) is 13.1. The van der Waals surface area contributed by atoms with Gasteiger partial charge in [0, 0.05) is 25.2 Å². The van der Waals surface area contributed by atoms with Gasteiger partial charge in [-0.1, -0.05) is 13.8 Å². The molecule has 0 spiro atoms. The van der Waals surface area contributed by atoms with Gasteiger partial charge in [-0.2, -0.15) is 4.31 Å².